The normalized spacial score (nSPS) is 15.8. The molecular formula is C24H22F3N5O6S2. The second-order valence-corrected chi connectivity index (χ2v) is 12.5. The van der Waals surface area contributed by atoms with Gasteiger partial charge in [-0.15, -0.1) is 0 Å². The molecule has 0 spiro atoms. The van der Waals surface area contributed by atoms with Gasteiger partial charge in [0.1, 0.15) is 5.54 Å². The van der Waals surface area contributed by atoms with Crippen LogP contribution >= 0.6 is 0 Å². The van der Waals surface area contributed by atoms with Crippen LogP contribution in [0, 0.1) is 0 Å². The summed E-state index contributed by atoms with van der Waals surface area (Å²) in [6.07, 6.45) is 2.59. The van der Waals surface area contributed by atoms with Crippen molar-refractivity contribution in [2.45, 2.75) is 36.3 Å². The Bertz CT molecular complexity index is 1660. The average Bonchev–Trinajstić information content (AvgIpc) is 3.03. The smallest absolute Gasteiger partial charge is 0.305 e. The summed E-state index contributed by atoms with van der Waals surface area (Å²) >= 11 is 0. The molecule has 212 valence electrons. The maximum atomic E-state index is 13.4. The highest BCUT2D eigenvalue weighted by Crippen LogP contribution is 2.36. The van der Waals surface area contributed by atoms with Gasteiger partial charge in [0.25, 0.3) is 15.7 Å². The van der Waals surface area contributed by atoms with E-state index in [4.69, 9.17) is 0 Å². The number of anilines is 3. The molecule has 1 saturated heterocycles. The molecule has 1 aromatic heterocycles. The number of nitrogens with one attached hydrogen (secondary N) is 2. The lowest BCUT2D eigenvalue weighted by Gasteiger charge is -2.28. The number of alkyl halides is 3. The van der Waals surface area contributed by atoms with Gasteiger partial charge in [0.15, 0.2) is 0 Å². The molecule has 0 saturated carbocycles. The van der Waals surface area contributed by atoms with Crippen molar-refractivity contribution < 1.29 is 39.6 Å². The Hall–Kier alpha value is -4.18. The third-order valence-electron chi connectivity index (χ3n) is 6.04. The number of rotatable bonds is 8. The first-order chi connectivity index (χ1) is 18.5. The second-order valence-electron chi connectivity index (χ2n) is 9.12. The minimum absolute atomic E-state index is 0.0298. The molecule has 16 heteroatoms. The van der Waals surface area contributed by atoms with Crippen molar-refractivity contribution in [2.75, 3.05) is 14.3 Å². The van der Waals surface area contributed by atoms with Crippen LogP contribution in [-0.4, -0.2) is 49.7 Å². The summed E-state index contributed by atoms with van der Waals surface area (Å²) in [4.78, 5) is 31.3. The molecule has 11 nitrogen and oxygen atoms in total. The Labute approximate surface area is 227 Å². The monoisotopic (exact) mass is 597 g/mol. The first-order valence-corrected chi connectivity index (χ1v) is 14.4. The quantitative estimate of drug-likeness (QED) is 0.375. The van der Waals surface area contributed by atoms with E-state index >= 15 is 0 Å². The van der Waals surface area contributed by atoms with Gasteiger partial charge < -0.3 is 4.90 Å². The fourth-order valence-corrected chi connectivity index (χ4v) is 5.62. The molecule has 3 aromatic rings. The van der Waals surface area contributed by atoms with Gasteiger partial charge in [-0.25, -0.2) is 18.1 Å². The van der Waals surface area contributed by atoms with E-state index in [0.717, 1.165) is 17.0 Å². The number of sulfone groups is 1. The number of amides is 3. The predicted octanol–water partition coefficient (Wildman–Crippen LogP) is 3.89. The molecule has 4 rings (SSSR count). The van der Waals surface area contributed by atoms with Crippen LogP contribution < -0.4 is 14.3 Å². The lowest BCUT2D eigenvalue weighted by molar-refractivity contribution is -0.123. The maximum Gasteiger partial charge on any atom is 0.501 e. The fourth-order valence-electron chi connectivity index (χ4n) is 3.89. The Balaban J connectivity index is 1.60. The van der Waals surface area contributed by atoms with E-state index in [1.54, 1.807) is 30.3 Å². The van der Waals surface area contributed by atoms with E-state index in [9.17, 15) is 39.6 Å². The minimum Gasteiger partial charge on any atom is -0.305 e. The highest BCUT2D eigenvalue weighted by molar-refractivity contribution is 7.94. The van der Waals surface area contributed by atoms with E-state index in [1.807, 2.05) is 0 Å². The second kappa shape index (κ2) is 10.1. The summed E-state index contributed by atoms with van der Waals surface area (Å²) in [5.74, 6) is -0.731. The number of aromatic nitrogens is 1. The zero-order chi connectivity index (χ0) is 29.5. The van der Waals surface area contributed by atoms with Crippen LogP contribution in [0.25, 0.3) is 0 Å². The fraction of sp³-hybridized carbons (Fsp3) is 0.208. The summed E-state index contributed by atoms with van der Waals surface area (Å²) in [6, 6.07) is 11.8. The largest absolute Gasteiger partial charge is 0.501 e. The first kappa shape index (κ1) is 28.8. The van der Waals surface area contributed by atoms with E-state index < -0.39 is 47.9 Å². The third kappa shape index (κ3) is 5.44. The van der Waals surface area contributed by atoms with Crippen molar-refractivity contribution >= 4 is 49.0 Å². The van der Waals surface area contributed by atoms with Crippen molar-refractivity contribution in [3.63, 3.8) is 0 Å². The van der Waals surface area contributed by atoms with Crippen molar-refractivity contribution in [3.8, 4) is 0 Å². The van der Waals surface area contributed by atoms with Crippen LogP contribution in [0.3, 0.4) is 0 Å². The molecule has 2 aromatic carbocycles. The summed E-state index contributed by atoms with van der Waals surface area (Å²) < 4.78 is 92.1. The number of hydrogen-bond acceptors (Lipinski definition) is 7. The molecule has 0 bridgehead atoms. The summed E-state index contributed by atoms with van der Waals surface area (Å²) in [5, 5.41) is 0. The number of pyridine rings is 1. The van der Waals surface area contributed by atoms with Crippen molar-refractivity contribution in [1.29, 1.82) is 0 Å². The molecule has 2 heterocycles. The highest BCUT2D eigenvalue weighted by Gasteiger charge is 2.52. The SMILES string of the molecule is CC1(C)C(=O)N(c2ccc(S(=O)(=O)C(F)(F)F)cc2)C(=O)N1Cc1ccncc1NS(=O)(=O)Nc1ccccc1. The van der Waals surface area contributed by atoms with Gasteiger partial charge in [-0.1, -0.05) is 18.2 Å². The molecule has 40 heavy (non-hydrogen) atoms. The number of nitrogens with zero attached hydrogens (tertiary/aromatic N) is 3. The first-order valence-electron chi connectivity index (χ1n) is 11.4. The zero-order valence-electron chi connectivity index (χ0n) is 20.9. The standard InChI is InChI=1S/C24H22F3N5O6S2/c1-23(2)21(33)32(18-8-10-19(11-9-18)39(35,36)24(25,26)27)22(34)31(23)15-16-12-13-28-14-20(16)30-40(37,38)29-17-6-4-3-5-7-17/h3-14,29-30H,15H2,1-2H3. The van der Waals surface area contributed by atoms with E-state index in [-0.39, 0.29) is 23.5 Å². The minimum atomic E-state index is -5.62. The summed E-state index contributed by atoms with van der Waals surface area (Å²) in [5.41, 5.74) is -6.51. The molecule has 3 amide bonds. The Morgan fingerprint density at radius 3 is 2.12 bits per heavy atom. The predicted molar refractivity (Wildman–Crippen MR) is 139 cm³/mol. The number of urea groups is 1. The Kier molecular flexibility index (Phi) is 7.27. The van der Waals surface area contributed by atoms with Gasteiger partial charge in [0.05, 0.1) is 34.7 Å². The van der Waals surface area contributed by atoms with Crippen molar-refractivity contribution in [1.82, 2.24) is 9.88 Å². The molecule has 0 unspecified atom stereocenters. The van der Waals surface area contributed by atoms with Crippen LogP contribution in [0.2, 0.25) is 0 Å². The number of para-hydroxylation sites is 1. The number of carbonyl (C=O) groups is 2. The van der Waals surface area contributed by atoms with E-state index in [0.29, 0.717) is 22.7 Å². The van der Waals surface area contributed by atoms with Crippen molar-refractivity contribution in [2.24, 2.45) is 0 Å². The molecule has 1 fully saturated rings. The van der Waals surface area contributed by atoms with Gasteiger partial charge in [0.2, 0.25) is 0 Å². The third-order valence-corrected chi connectivity index (χ3v) is 8.54. The number of halogens is 3. The van der Waals surface area contributed by atoms with E-state index in [1.165, 1.54) is 32.3 Å². The molecular weight excluding hydrogens is 575 g/mol. The molecule has 1 aliphatic rings. The Morgan fingerprint density at radius 2 is 1.52 bits per heavy atom. The van der Waals surface area contributed by atoms with Gasteiger partial charge in [-0.3, -0.25) is 19.2 Å². The number of hydrogen-bond donors (Lipinski definition) is 2. The lowest BCUT2D eigenvalue weighted by Crippen LogP contribution is -2.43. The molecule has 0 atom stereocenters. The van der Waals surface area contributed by atoms with Gasteiger partial charge in [-0.05, 0) is 61.9 Å². The number of imide groups is 1. The highest BCUT2D eigenvalue weighted by atomic mass is 32.2. The zero-order valence-corrected chi connectivity index (χ0v) is 22.5. The lowest BCUT2D eigenvalue weighted by atomic mass is 10.0. The number of benzene rings is 2. The van der Waals surface area contributed by atoms with Crippen LogP contribution in [0.15, 0.2) is 78.0 Å². The van der Waals surface area contributed by atoms with Crippen LogP contribution in [-0.2, 0) is 31.4 Å². The van der Waals surface area contributed by atoms with Gasteiger partial charge in [0, 0.05) is 6.20 Å². The van der Waals surface area contributed by atoms with Gasteiger partial charge in [-0.2, -0.15) is 21.6 Å². The molecule has 1 aliphatic heterocycles. The van der Waals surface area contributed by atoms with E-state index in [2.05, 4.69) is 14.4 Å². The molecule has 2 N–H and O–H groups in total. The Morgan fingerprint density at radius 1 is 0.900 bits per heavy atom. The summed E-state index contributed by atoms with van der Waals surface area (Å²) in [7, 11) is -9.75. The molecule has 0 radical (unpaired) electrons. The van der Waals surface area contributed by atoms with Crippen LogP contribution in [0.5, 0.6) is 0 Å². The topological polar surface area (TPSA) is 146 Å². The van der Waals surface area contributed by atoms with Crippen LogP contribution in [0.1, 0.15) is 19.4 Å². The molecule has 0 aliphatic carbocycles. The van der Waals surface area contributed by atoms with Crippen molar-refractivity contribution in [3.05, 3.63) is 78.6 Å². The van der Waals surface area contributed by atoms with Crippen LogP contribution in [0.4, 0.5) is 35.0 Å². The summed E-state index contributed by atoms with van der Waals surface area (Å²) in [6.45, 7) is 2.63. The maximum absolute atomic E-state index is 13.4. The number of carbonyl (C=O) groups excluding carboxylic acids is 2. The average molecular weight is 598 g/mol. The van der Waals surface area contributed by atoms with Gasteiger partial charge >= 0.3 is 21.7 Å².